The highest BCUT2D eigenvalue weighted by molar-refractivity contribution is 9.11. The second-order valence-electron chi connectivity index (χ2n) is 2.86. The van der Waals surface area contributed by atoms with Crippen LogP contribution in [0.3, 0.4) is 0 Å². The Hall–Kier alpha value is 0.530. The van der Waals surface area contributed by atoms with Crippen molar-refractivity contribution in [2.45, 2.75) is 4.21 Å². The molecule has 0 aromatic carbocycles. The van der Waals surface area contributed by atoms with Gasteiger partial charge >= 0.3 is 0 Å². The van der Waals surface area contributed by atoms with E-state index in [0.717, 1.165) is 11.3 Å². The molecule has 1 aromatic rings. The third-order valence-corrected chi connectivity index (χ3v) is 6.76. The van der Waals surface area contributed by atoms with Crippen molar-refractivity contribution in [3.63, 3.8) is 0 Å². The van der Waals surface area contributed by atoms with Gasteiger partial charge in [0.2, 0.25) is 10.0 Å². The van der Waals surface area contributed by atoms with Crippen LogP contribution in [0.1, 0.15) is 0 Å². The maximum Gasteiger partial charge on any atom is 0.250 e. The van der Waals surface area contributed by atoms with Crippen LogP contribution in [0.25, 0.3) is 0 Å². The summed E-state index contributed by atoms with van der Waals surface area (Å²) in [5, 5.41) is 0.365. The molecule has 0 aliphatic rings. The molecule has 1 heterocycles. The van der Waals surface area contributed by atoms with Gasteiger partial charge in [-0.15, -0.1) is 11.3 Å². The van der Waals surface area contributed by atoms with Gasteiger partial charge in [0.1, 0.15) is 4.21 Å². The smallest absolute Gasteiger partial charge is 0.250 e. The molecule has 4 nitrogen and oxygen atoms in total. The molecule has 9 heteroatoms. The third-order valence-electron chi connectivity index (χ3n) is 1.57. The molecule has 1 N–H and O–H groups in total. The van der Waals surface area contributed by atoms with Gasteiger partial charge in [0.15, 0.2) is 0 Å². The number of nitrogens with one attached hydrogen (secondary N) is 1. The second-order valence-corrected chi connectivity index (χ2v) is 9.19. The summed E-state index contributed by atoms with van der Waals surface area (Å²) in [5.74, 6) is 0.291. The summed E-state index contributed by atoms with van der Waals surface area (Å²) in [4.78, 5) is 0. The van der Waals surface area contributed by atoms with Gasteiger partial charge < -0.3 is 0 Å². The Labute approximate surface area is 114 Å². The highest BCUT2D eigenvalue weighted by Gasteiger charge is 2.18. The lowest BCUT2D eigenvalue weighted by molar-refractivity contribution is 0.586. The van der Waals surface area contributed by atoms with Gasteiger partial charge in [0.05, 0.1) is 8.81 Å². The largest absolute Gasteiger partial charge is 0.260 e. The van der Waals surface area contributed by atoms with Crippen molar-refractivity contribution in [1.82, 2.24) is 4.72 Å². The van der Waals surface area contributed by atoms with E-state index in [9.17, 15) is 12.6 Å². The lowest BCUT2D eigenvalue weighted by Gasteiger charge is -2.02. The van der Waals surface area contributed by atoms with Crippen LogP contribution in [-0.2, 0) is 20.8 Å². The van der Waals surface area contributed by atoms with E-state index in [1.165, 1.54) is 12.3 Å². The molecule has 0 amide bonds. The van der Waals surface area contributed by atoms with Crippen LogP contribution < -0.4 is 4.72 Å². The quantitative estimate of drug-likeness (QED) is 0.864. The molecule has 16 heavy (non-hydrogen) atoms. The van der Waals surface area contributed by atoms with E-state index in [1.807, 2.05) is 0 Å². The molecule has 0 saturated heterocycles. The molecule has 0 aliphatic heterocycles. The lowest BCUT2D eigenvalue weighted by Crippen LogP contribution is -2.27. The minimum absolute atomic E-state index is 0.145. The molecule has 0 aliphatic carbocycles. The highest BCUT2D eigenvalue weighted by Crippen LogP contribution is 2.34. The number of thiophene rings is 1. The van der Waals surface area contributed by atoms with Crippen LogP contribution in [0.5, 0.6) is 0 Å². The summed E-state index contributed by atoms with van der Waals surface area (Å²) in [6.45, 7) is 0.151. The monoisotopic (exact) mass is 365 g/mol. The first kappa shape index (κ1) is 14.6. The Morgan fingerprint density at radius 1 is 1.62 bits per heavy atom. The average molecular weight is 367 g/mol. The van der Waals surface area contributed by atoms with Crippen LogP contribution in [0.4, 0.5) is 0 Å². The standard InChI is InChI=1S/C7H9BrClNO3S3/c1-15(11)3-2-10-16(12,13)6-4-5(9)7(8)14-6/h4,10H,2-3H2,1H3. The van der Waals surface area contributed by atoms with E-state index in [0.29, 0.717) is 14.6 Å². The Bertz CT molecular complexity index is 479. The van der Waals surface area contributed by atoms with Crippen molar-refractivity contribution >= 4 is 59.7 Å². The number of rotatable bonds is 5. The number of sulfonamides is 1. The maximum atomic E-state index is 11.7. The number of hydrogen-bond acceptors (Lipinski definition) is 4. The van der Waals surface area contributed by atoms with E-state index < -0.39 is 20.8 Å². The van der Waals surface area contributed by atoms with Gasteiger partial charge in [-0.05, 0) is 22.0 Å². The van der Waals surface area contributed by atoms with E-state index in [4.69, 9.17) is 11.6 Å². The first-order chi connectivity index (χ1) is 7.33. The first-order valence-corrected chi connectivity index (χ1v) is 9.27. The topological polar surface area (TPSA) is 63.2 Å². The summed E-state index contributed by atoms with van der Waals surface area (Å²) in [5.41, 5.74) is 0. The molecule has 1 aromatic heterocycles. The molecule has 1 atom stereocenters. The van der Waals surface area contributed by atoms with Gasteiger partial charge in [-0.2, -0.15) is 0 Å². The van der Waals surface area contributed by atoms with Gasteiger partial charge in [-0.3, -0.25) is 4.21 Å². The van der Waals surface area contributed by atoms with Crippen molar-refractivity contribution in [3.8, 4) is 0 Å². The van der Waals surface area contributed by atoms with E-state index in [2.05, 4.69) is 20.7 Å². The molecule has 0 bridgehead atoms. The van der Waals surface area contributed by atoms with Crippen molar-refractivity contribution in [3.05, 3.63) is 14.9 Å². The fraction of sp³-hybridized carbons (Fsp3) is 0.429. The summed E-state index contributed by atoms with van der Waals surface area (Å²) in [6, 6.07) is 1.38. The zero-order valence-corrected chi connectivity index (χ0v) is 13.0. The van der Waals surface area contributed by atoms with E-state index in [-0.39, 0.29) is 10.8 Å². The van der Waals surface area contributed by atoms with E-state index in [1.54, 1.807) is 0 Å². The molecule has 0 fully saturated rings. The zero-order valence-electron chi connectivity index (χ0n) is 8.20. The van der Waals surface area contributed by atoms with Gasteiger partial charge in [-0.1, -0.05) is 11.6 Å². The molecule has 1 rings (SSSR count). The molecule has 92 valence electrons. The minimum Gasteiger partial charge on any atom is -0.260 e. The molecular formula is C7H9BrClNO3S3. The Morgan fingerprint density at radius 3 is 2.69 bits per heavy atom. The molecule has 0 saturated carbocycles. The Morgan fingerprint density at radius 2 is 2.25 bits per heavy atom. The van der Waals surface area contributed by atoms with Crippen molar-refractivity contribution < 1.29 is 12.6 Å². The molecule has 0 spiro atoms. The number of hydrogen-bond donors (Lipinski definition) is 1. The second kappa shape index (κ2) is 5.92. The zero-order chi connectivity index (χ0) is 12.3. The van der Waals surface area contributed by atoms with Gasteiger partial charge in [0, 0.05) is 29.4 Å². The Balaban J connectivity index is 2.74. The summed E-state index contributed by atoms with van der Waals surface area (Å²) in [6.07, 6.45) is 1.52. The lowest BCUT2D eigenvalue weighted by atomic mass is 10.7. The normalized spacial score (nSPS) is 13.9. The summed E-state index contributed by atoms with van der Waals surface area (Å²) in [7, 11) is -4.55. The van der Waals surface area contributed by atoms with Crippen molar-refractivity contribution in [2.75, 3.05) is 18.6 Å². The van der Waals surface area contributed by atoms with Gasteiger partial charge in [0.25, 0.3) is 0 Å². The van der Waals surface area contributed by atoms with Crippen LogP contribution in [-0.4, -0.2) is 31.2 Å². The summed E-state index contributed by atoms with van der Waals surface area (Å²) >= 11 is 9.93. The molecule has 0 radical (unpaired) electrons. The molecular weight excluding hydrogens is 358 g/mol. The first-order valence-electron chi connectivity index (χ1n) is 4.07. The van der Waals surface area contributed by atoms with Crippen LogP contribution in [0, 0.1) is 0 Å². The number of halogens is 2. The summed E-state index contributed by atoms with van der Waals surface area (Å²) < 4.78 is 37.3. The fourth-order valence-electron chi connectivity index (χ4n) is 0.850. The van der Waals surface area contributed by atoms with Crippen LogP contribution >= 0.6 is 38.9 Å². The van der Waals surface area contributed by atoms with Crippen LogP contribution in [0.2, 0.25) is 5.02 Å². The minimum atomic E-state index is -3.54. The maximum absolute atomic E-state index is 11.7. The SMILES string of the molecule is CS(=O)CCNS(=O)(=O)c1cc(Cl)c(Br)s1. The van der Waals surface area contributed by atoms with Crippen molar-refractivity contribution in [2.24, 2.45) is 0 Å². The van der Waals surface area contributed by atoms with Gasteiger partial charge in [-0.25, -0.2) is 13.1 Å². The van der Waals surface area contributed by atoms with Crippen molar-refractivity contribution in [1.29, 1.82) is 0 Å². The third kappa shape index (κ3) is 4.08. The fourth-order valence-corrected chi connectivity index (χ4v) is 4.84. The Kier molecular flexibility index (Phi) is 5.40. The van der Waals surface area contributed by atoms with E-state index >= 15 is 0 Å². The van der Waals surface area contributed by atoms with Crippen LogP contribution in [0.15, 0.2) is 14.1 Å². The predicted octanol–water partition coefficient (Wildman–Crippen LogP) is 1.82. The predicted molar refractivity (Wildman–Crippen MR) is 71.2 cm³/mol. The highest BCUT2D eigenvalue weighted by atomic mass is 79.9. The average Bonchev–Trinajstić information content (AvgIpc) is 2.46. The molecule has 1 unspecified atom stereocenters.